The molecule has 3 N–H and O–H groups in total. The number of oxime groups is 1. The van der Waals surface area contributed by atoms with Gasteiger partial charge < -0.3 is 15.7 Å². The Balaban J connectivity index is 1.85. The molecule has 6 heteroatoms. The molecule has 0 amide bonds. The molecule has 116 valence electrons. The van der Waals surface area contributed by atoms with Crippen LogP contribution in [0, 0.1) is 0 Å². The highest BCUT2D eigenvalue weighted by Crippen LogP contribution is 2.18. The van der Waals surface area contributed by atoms with E-state index in [4.69, 9.17) is 15.7 Å². The van der Waals surface area contributed by atoms with Crippen molar-refractivity contribution in [2.45, 2.75) is 44.7 Å². The van der Waals surface area contributed by atoms with E-state index in [1.54, 1.807) is 0 Å². The van der Waals surface area contributed by atoms with E-state index in [1.165, 1.54) is 12.8 Å². The van der Waals surface area contributed by atoms with Crippen molar-refractivity contribution in [1.82, 2.24) is 9.80 Å². The van der Waals surface area contributed by atoms with E-state index in [0.717, 1.165) is 52.2 Å². The molecule has 2 saturated heterocycles. The predicted molar refractivity (Wildman–Crippen MR) is 79.1 cm³/mol. The minimum atomic E-state index is 0.0785. The Morgan fingerprint density at radius 2 is 2.15 bits per heavy atom. The molecule has 0 bridgehead atoms. The Labute approximate surface area is 121 Å². The number of hydrogen-bond donors (Lipinski definition) is 2. The van der Waals surface area contributed by atoms with Gasteiger partial charge in [-0.3, -0.25) is 9.80 Å². The zero-order valence-electron chi connectivity index (χ0n) is 12.5. The van der Waals surface area contributed by atoms with Crippen LogP contribution in [0.25, 0.3) is 0 Å². The van der Waals surface area contributed by atoms with Crippen molar-refractivity contribution in [3.8, 4) is 0 Å². The molecule has 6 nitrogen and oxygen atoms in total. The number of rotatable bonds is 5. The summed E-state index contributed by atoms with van der Waals surface area (Å²) in [6.07, 6.45) is 4.41. The van der Waals surface area contributed by atoms with Crippen LogP contribution >= 0.6 is 0 Å². The predicted octanol–water partition coefficient (Wildman–Crippen LogP) is 0.698. The quantitative estimate of drug-likeness (QED) is 0.336. The van der Waals surface area contributed by atoms with Gasteiger partial charge in [-0.15, -0.1) is 0 Å². The van der Waals surface area contributed by atoms with Crippen LogP contribution < -0.4 is 5.73 Å². The lowest BCUT2D eigenvalue weighted by Crippen LogP contribution is -2.57. The maximum atomic E-state index is 8.93. The highest BCUT2D eigenvalue weighted by molar-refractivity contribution is 5.85. The van der Waals surface area contributed by atoms with Gasteiger partial charge in [-0.05, 0) is 19.3 Å². The molecular formula is C14H28N4O2. The molecule has 0 aromatic carbocycles. The van der Waals surface area contributed by atoms with E-state index in [-0.39, 0.29) is 6.04 Å². The number of ether oxygens (including phenoxy) is 1. The molecule has 2 aliphatic rings. The maximum absolute atomic E-state index is 8.93. The molecule has 0 spiro atoms. The summed E-state index contributed by atoms with van der Waals surface area (Å²) in [6.45, 7) is 7.99. The summed E-state index contributed by atoms with van der Waals surface area (Å²) in [5.41, 5.74) is 5.84. The minimum absolute atomic E-state index is 0.0785. The van der Waals surface area contributed by atoms with Gasteiger partial charge in [0.15, 0.2) is 5.84 Å². The zero-order chi connectivity index (χ0) is 14.4. The molecule has 0 saturated carbocycles. The maximum Gasteiger partial charge on any atom is 0.156 e. The molecule has 2 unspecified atom stereocenters. The van der Waals surface area contributed by atoms with E-state index in [0.29, 0.717) is 11.9 Å². The molecule has 0 aliphatic carbocycles. The van der Waals surface area contributed by atoms with Gasteiger partial charge in [0.1, 0.15) is 0 Å². The highest BCUT2D eigenvalue weighted by atomic mass is 16.5. The molecule has 0 aromatic rings. The van der Waals surface area contributed by atoms with Gasteiger partial charge in [0.05, 0.1) is 12.6 Å². The third-order valence-electron chi connectivity index (χ3n) is 4.46. The summed E-state index contributed by atoms with van der Waals surface area (Å²) < 4.78 is 5.58. The second-order valence-electron chi connectivity index (χ2n) is 5.77. The average molecular weight is 284 g/mol. The molecule has 2 heterocycles. The fraction of sp³-hybridized carbons (Fsp3) is 0.929. The topological polar surface area (TPSA) is 74.3 Å². The Morgan fingerprint density at radius 3 is 2.70 bits per heavy atom. The van der Waals surface area contributed by atoms with E-state index in [9.17, 15) is 0 Å². The normalized spacial score (nSPS) is 28.4. The van der Waals surface area contributed by atoms with Gasteiger partial charge in [-0.25, -0.2) is 0 Å². The SMILES string of the molecule is CCCC(C(N)=NO)N1CCN(C2CCCOC2)CC1. The second-order valence-corrected chi connectivity index (χ2v) is 5.77. The number of nitrogens with two attached hydrogens (primary N) is 1. The van der Waals surface area contributed by atoms with Crippen molar-refractivity contribution in [3.05, 3.63) is 0 Å². The molecular weight excluding hydrogens is 256 g/mol. The van der Waals surface area contributed by atoms with Crippen LogP contribution in [-0.2, 0) is 4.74 Å². The van der Waals surface area contributed by atoms with Gasteiger partial charge in [0, 0.05) is 38.8 Å². The van der Waals surface area contributed by atoms with Crippen LogP contribution in [-0.4, -0.2) is 72.3 Å². The lowest BCUT2D eigenvalue weighted by Gasteiger charge is -2.42. The summed E-state index contributed by atoms with van der Waals surface area (Å²) in [7, 11) is 0. The van der Waals surface area contributed by atoms with Gasteiger partial charge in [0.2, 0.25) is 0 Å². The number of piperazine rings is 1. The monoisotopic (exact) mass is 284 g/mol. The number of amidine groups is 1. The summed E-state index contributed by atoms with van der Waals surface area (Å²) >= 11 is 0. The summed E-state index contributed by atoms with van der Waals surface area (Å²) in [6, 6.07) is 0.661. The van der Waals surface area contributed by atoms with Crippen molar-refractivity contribution < 1.29 is 9.94 Å². The summed E-state index contributed by atoms with van der Waals surface area (Å²) in [5, 5.41) is 12.1. The van der Waals surface area contributed by atoms with E-state index in [2.05, 4.69) is 21.9 Å². The third kappa shape index (κ3) is 3.84. The Hall–Kier alpha value is -0.850. The largest absolute Gasteiger partial charge is 0.409 e. The van der Waals surface area contributed by atoms with Crippen LogP contribution in [0.15, 0.2) is 5.16 Å². The zero-order valence-corrected chi connectivity index (χ0v) is 12.5. The molecule has 2 atom stereocenters. The minimum Gasteiger partial charge on any atom is -0.409 e. The van der Waals surface area contributed by atoms with E-state index in [1.807, 2.05) is 0 Å². The average Bonchev–Trinajstić information content (AvgIpc) is 2.53. The Morgan fingerprint density at radius 1 is 1.40 bits per heavy atom. The fourth-order valence-corrected chi connectivity index (χ4v) is 3.28. The lowest BCUT2D eigenvalue weighted by atomic mass is 10.1. The molecule has 0 radical (unpaired) electrons. The van der Waals surface area contributed by atoms with E-state index >= 15 is 0 Å². The van der Waals surface area contributed by atoms with Crippen molar-refractivity contribution in [3.63, 3.8) is 0 Å². The first kappa shape index (κ1) is 15.5. The van der Waals surface area contributed by atoms with Crippen molar-refractivity contribution in [2.75, 3.05) is 39.4 Å². The lowest BCUT2D eigenvalue weighted by molar-refractivity contribution is -0.00468. The van der Waals surface area contributed by atoms with E-state index < -0.39 is 0 Å². The van der Waals surface area contributed by atoms with Crippen LogP contribution in [0.2, 0.25) is 0 Å². The van der Waals surface area contributed by atoms with Crippen LogP contribution in [0.5, 0.6) is 0 Å². The summed E-state index contributed by atoms with van der Waals surface area (Å²) in [5.74, 6) is 0.348. The van der Waals surface area contributed by atoms with Crippen LogP contribution in [0.1, 0.15) is 32.6 Å². The first-order valence-electron chi connectivity index (χ1n) is 7.79. The first-order valence-corrected chi connectivity index (χ1v) is 7.79. The molecule has 0 aromatic heterocycles. The molecule has 2 aliphatic heterocycles. The first-order chi connectivity index (χ1) is 9.76. The third-order valence-corrected chi connectivity index (χ3v) is 4.46. The second kappa shape index (κ2) is 7.81. The van der Waals surface area contributed by atoms with Crippen molar-refractivity contribution in [1.29, 1.82) is 0 Å². The molecule has 20 heavy (non-hydrogen) atoms. The van der Waals surface area contributed by atoms with Crippen LogP contribution in [0.3, 0.4) is 0 Å². The van der Waals surface area contributed by atoms with Crippen molar-refractivity contribution >= 4 is 5.84 Å². The standard InChI is InChI=1S/C14H28N4O2/c1-2-4-13(14(15)16-19)18-8-6-17(7-9-18)12-5-3-10-20-11-12/h12-13,19H,2-11H2,1H3,(H2,15,16). The number of nitrogens with zero attached hydrogens (tertiary/aromatic N) is 3. The highest BCUT2D eigenvalue weighted by Gasteiger charge is 2.29. The molecule has 2 rings (SSSR count). The Bertz CT molecular complexity index is 310. The van der Waals surface area contributed by atoms with Crippen molar-refractivity contribution in [2.24, 2.45) is 10.9 Å². The van der Waals surface area contributed by atoms with Crippen LogP contribution in [0.4, 0.5) is 0 Å². The van der Waals surface area contributed by atoms with Gasteiger partial charge in [-0.2, -0.15) is 0 Å². The van der Waals surface area contributed by atoms with Gasteiger partial charge in [0.25, 0.3) is 0 Å². The van der Waals surface area contributed by atoms with Gasteiger partial charge in [-0.1, -0.05) is 18.5 Å². The molecule has 2 fully saturated rings. The smallest absolute Gasteiger partial charge is 0.156 e. The van der Waals surface area contributed by atoms with Gasteiger partial charge >= 0.3 is 0 Å². The summed E-state index contributed by atoms with van der Waals surface area (Å²) in [4.78, 5) is 4.88. The fourth-order valence-electron chi connectivity index (χ4n) is 3.28. The Kier molecular flexibility index (Phi) is 6.06. The number of hydrogen-bond acceptors (Lipinski definition) is 5.